The Morgan fingerprint density at radius 1 is 1.24 bits per heavy atom. The number of carbonyl (C=O) groups is 1. The number of hydrogen-bond acceptors (Lipinski definition) is 6. The molecule has 1 aromatic carbocycles. The van der Waals surface area contributed by atoms with Gasteiger partial charge in [0.1, 0.15) is 16.8 Å². The zero-order valence-corrected chi connectivity index (χ0v) is 15.1. The Morgan fingerprint density at radius 3 is 2.64 bits per heavy atom. The number of thioether (sulfide) groups is 1. The number of nitrogens with zero attached hydrogens (tertiary/aromatic N) is 4. The lowest BCUT2D eigenvalue weighted by molar-refractivity contribution is -0.129. The number of fused-ring (bicyclic) bond motifs is 1. The third-order valence-electron chi connectivity index (χ3n) is 4.73. The SMILES string of the molecule is COc1ccc([C@@H]2Nn3c(C)nnc3S[C@H]2C(=O)N2CCCC2)cc1. The van der Waals surface area contributed by atoms with E-state index >= 15 is 0 Å². The molecule has 7 nitrogen and oxygen atoms in total. The van der Waals surface area contributed by atoms with Gasteiger partial charge in [0.05, 0.1) is 13.2 Å². The van der Waals surface area contributed by atoms with Gasteiger partial charge in [-0.25, -0.2) is 4.68 Å². The van der Waals surface area contributed by atoms with Crippen LogP contribution < -0.4 is 10.2 Å². The van der Waals surface area contributed by atoms with Gasteiger partial charge >= 0.3 is 0 Å². The number of aryl methyl sites for hydroxylation is 1. The van der Waals surface area contributed by atoms with Gasteiger partial charge in [0.2, 0.25) is 11.1 Å². The highest BCUT2D eigenvalue weighted by molar-refractivity contribution is 8.00. The Morgan fingerprint density at radius 2 is 1.96 bits per heavy atom. The number of ether oxygens (including phenoxy) is 1. The van der Waals surface area contributed by atoms with E-state index in [0.717, 1.165) is 48.2 Å². The van der Waals surface area contributed by atoms with Gasteiger partial charge < -0.3 is 15.1 Å². The van der Waals surface area contributed by atoms with Gasteiger partial charge in [-0.1, -0.05) is 23.9 Å². The van der Waals surface area contributed by atoms with Crippen molar-refractivity contribution in [2.75, 3.05) is 25.6 Å². The lowest BCUT2D eigenvalue weighted by atomic mass is 10.0. The molecule has 0 unspecified atom stereocenters. The van der Waals surface area contributed by atoms with Crippen molar-refractivity contribution in [1.82, 2.24) is 19.8 Å². The molecule has 2 aliphatic heterocycles. The molecular formula is C17H21N5O2S. The Kier molecular flexibility index (Phi) is 4.29. The van der Waals surface area contributed by atoms with Crippen molar-refractivity contribution in [1.29, 1.82) is 0 Å². The highest BCUT2D eigenvalue weighted by Crippen LogP contribution is 2.38. The summed E-state index contributed by atoms with van der Waals surface area (Å²) in [5.74, 6) is 1.76. The van der Waals surface area contributed by atoms with Crippen LogP contribution in [0.1, 0.15) is 30.3 Å². The molecule has 0 aliphatic carbocycles. The summed E-state index contributed by atoms with van der Waals surface area (Å²) in [4.78, 5) is 15.1. The maximum absolute atomic E-state index is 13.1. The summed E-state index contributed by atoms with van der Waals surface area (Å²) in [6.07, 6.45) is 2.16. The molecule has 8 heteroatoms. The normalized spacial score (nSPS) is 22.4. The molecule has 2 aliphatic rings. The van der Waals surface area contributed by atoms with Crippen molar-refractivity contribution >= 4 is 17.7 Å². The van der Waals surface area contributed by atoms with Crippen LogP contribution in [0, 0.1) is 6.92 Å². The van der Waals surface area contributed by atoms with Crippen LogP contribution in [0.5, 0.6) is 5.75 Å². The largest absolute Gasteiger partial charge is 0.497 e. The maximum atomic E-state index is 13.1. The minimum Gasteiger partial charge on any atom is -0.497 e. The van der Waals surface area contributed by atoms with Crippen LogP contribution >= 0.6 is 11.8 Å². The molecule has 2 aromatic rings. The second kappa shape index (κ2) is 6.59. The van der Waals surface area contributed by atoms with Gasteiger partial charge in [-0.15, -0.1) is 10.2 Å². The van der Waals surface area contributed by atoms with E-state index in [1.165, 1.54) is 11.8 Å². The molecular weight excluding hydrogens is 338 g/mol. The number of nitrogens with one attached hydrogen (secondary N) is 1. The molecule has 1 aromatic heterocycles. The minimum absolute atomic E-state index is 0.147. The van der Waals surface area contributed by atoms with E-state index < -0.39 is 0 Å². The number of hydrogen-bond donors (Lipinski definition) is 1. The first kappa shape index (κ1) is 16.3. The monoisotopic (exact) mass is 359 g/mol. The molecule has 0 saturated carbocycles. The van der Waals surface area contributed by atoms with Crippen LogP contribution in [0.25, 0.3) is 0 Å². The topological polar surface area (TPSA) is 72.3 Å². The second-order valence-electron chi connectivity index (χ2n) is 6.32. The molecule has 0 radical (unpaired) electrons. The van der Waals surface area contributed by atoms with E-state index in [4.69, 9.17) is 4.74 Å². The smallest absolute Gasteiger partial charge is 0.238 e. The Bertz CT molecular complexity index is 770. The predicted molar refractivity (Wildman–Crippen MR) is 95.3 cm³/mol. The zero-order chi connectivity index (χ0) is 17.4. The molecule has 1 fully saturated rings. The number of aromatic nitrogens is 3. The number of carbonyl (C=O) groups excluding carboxylic acids is 1. The van der Waals surface area contributed by atoms with Crippen LogP contribution in [0.4, 0.5) is 0 Å². The highest BCUT2D eigenvalue weighted by Gasteiger charge is 2.39. The van der Waals surface area contributed by atoms with E-state index in [2.05, 4.69) is 15.6 Å². The van der Waals surface area contributed by atoms with Gasteiger partial charge in [0.25, 0.3) is 0 Å². The Balaban J connectivity index is 1.68. The van der Waals surface area contributed by atoms with E-state index in [1.54, 1.807) is 7.11 Å². The van der Waals surface area contributed by atoms with Gasteiger partial charge in [0, 0.05) is 13.1 Å². The number of likely N-dealkylation sites (tertiary alicyclic amines) is 1. The molecule has 1 N–H and O–H groups in total. The van der Waals surface area contributed by atoms with Gasteiger partial charge in [0.15, 0.2) is 0 Å². The molecule has 0 spiro atoms. The van der Waals surface area contributed by atoms with E-state index in [9.17, 15) is 4.79 Å². The first-order valence-electron chi connectivity index (χ1n) is 8.45. The fourth-order valence-corrected chi connectivity index (χ4v) is 4.54. The van der Waals surface area contributed by atoms with Gasteiger partial charge in [-0.2, -0.15) is 0 Å². The summed E-state index contributed by atoms with van der Waals surface area (Å²) in [5, 5.41) is 8.80. The molecule has 1 amide bonds. The predicted octanol–water partition coefficient (Wildman–Crippen LogP) is 1.98. The van der Waals surface area contributed by atoms with Crippen LogP contribution in [0.15, 0.2) is 29.4 Å². The first-order chi connectivity index (χ1) is 12.2. The van der Waals surface area contributed by atoms with E-state index in [-0.39, 0.29) is 17.2 Å². The van der Waals surface area contributed by atoms with Gasteiger partial charge in [-0.3, -0.25) is 4.79 Å². The van der Waals surface area contributed by atoms with Crippen molar-refractivity contribution in [3.05, 3.63) is 35.7 Å². The number of benzene rings is 1. The molecule has 0 bridgehead atoms. The lowest BCUT2D eigenvalue weighted by Gasteiger charge is -2.34. The summed E-state index contributed by atoms with van der Waals surface area (Å²) in [5.41, 5.74) is 4.48. The standard InChI is InChI=1S/C17H21N5O2S/c1-11-18-19-17-22(11)20-14(12-5-7-13(24-2)8-6-12)15(25-17)16(23)21-9-3-4-10-21/h5-8,14-15,20H,3-4,9-10H2,1-2H3/t14-,15+/m0/s1. The lowest BCUT2D eigenvalue weighted by Crippen LogP contribution is -2.45. The fraction of sp³-hybridized carbons (Fsp3) is 0.471. The average Bonchev–Trinajstić information content (AvgIpc) is 3.31. The minimum atomic E-state index is -0.261. The third kappa shape index (κ3) is 2.95. The van der Waals surface area contributed by atoms with Crippen LogP contribution in [-0.4, -0.2) is 51.1 Å². The summed E-state index contributed by atoms with van der Waals surface area (Å²) < 4.78 is 7.12. The van der Waals surface area contributed by atoms with Crippen molar-refractivity contribution in [2.45, 2.75) is 36.2 Å². The number of methoxy groups -OCH3 is 1. The zero-order valence-electron chi connectivity index (χ0n) is 14.3. The van der Waals surface area contributed by atoms with Crippen molar-refractivity contribution < 1.29 is 9.53 Å². The molecule has 132 valence electrons. The molecule has 1 saturated heterocycles. The van der Waals surface area contributed by atoms with E-state index in [1.807, 2.05) is 40.8 Å². The second-order valence-corrected chi connectivity index (χ2v) is 7.42. The third-order valence-corrected chi connectivity index (χ3v) is 5.94. The van der Waals surface area contributed by atoms with Gasteiger partial charge in [-0.05, 0) is 37.5 Å². The molecule has 4 rings (SSSR count). The van der Waals surface area contributed by atoms with Crippen LogP contribution in [0.3, 0.4) is 0 Å². The molecule has 2 atom stereocenters. The number of rotatable bonds is 3. The van der Waals surface area contributed by atoms with E-state index in [0.29, 0.717) is 0 Å². The number of amides is 1. The van der Waals surface area contributed by atoms with Crippen molar-refractivity contribution in [3.63, 3.8) is 0 Å². The van der Waals surface area contributed by atoms with Crippen molar-refractivity contribution in [3.8, 4) is 5.75 Å². The van der Waals surface area contributed by atoms with Crippen LogP contribution in [-0.2, 0) is 4.79 Å². The Labute approximate surface area is 150 Å². The quantitative estimate of drug-likeness (QED) is 0.903. The highest BCUT2D eigenvalue weighted by atomic mass is 32.2. The summed E-state index contributed by atoms with van der Waals surface area (Å²) in [6, 6.07) is 7.71. The molecule has 3 heterocycles. The first-order valence-corrected chi connectivity index (χ1v) is 9.33. The average molecular weight is 359 g/mol. The summed E-state index contributed by atoms with van der Waals surface area (Å²) in [6.45, 7) is 3.59. The summed E-state index contributed by atoms with van der Waals surface area (Å²) >= 11 is 1.49. The Hall–Kier alpha value is -2.22. The van der Waals surface area contributed by atoms with Crippen LogP contribution in [0.2, 0.25) is 0 Å². The maximum Gasteiger partial charge on any atom is 0.238 e. The summed E-state index contributed by atoms with van der Waals surface area (Å²) in [7, 11) is 1.65. The molecule has 25 heavy (non-hydrogen) atoms. The van der Waals surface area contributed by atoms with Crippen molar-refractivity contribution in [2.24, 2.45) is 0 Å². The fourth-order valence-electron chi connectivity index (χ4n) is 3.33.